The summed E-state index contributed by atoms with van der Waals surface area (Å²) in [7, 11) is 0. The number of para-hydroxylation sites is 2. The number of rotatable bonds is 6. The molecule has 4 aromatic rings. The van der Waals surface area contributed by atoms with E-state index >= 15 is 0 Å². The fourth-order valence-corrected chi connectivity index (χ4v) is 4.00. The first kappa shape index (κ1) is 19.5. The smallest absolute Gasteiger partial charge is 0.249 e. The first-order valence-corrected chi connectivity index (χ1v) is 10.7. The van der Waals surface area contributed by atoms with E-state index < -0.39 is 0 Å². The van der Waals surface area contributed by atoms with E-state index in [9.17, 15) is 9.59 Å². The highest BCUT2D eigenvalue weighted by Crippen LogP contribution is 2.38. The molecule has 1 amide bonds. The maximum Gasteiger partial charge on any atom is 0.249 e. The predicted molar refractivity (Wildman–Crippen MR) is 118 cm³/mol. The summed E-state index contributed by atoms with van der Waals surface area (Å²) in [5, 5.41) is 8.35. The average molecular weight is 416 g/mol. The molecule has 0 aliphatic heterocycles. The molecule has 31 heavy (non-hydrogen) atoms. The lowest BCUT2D eigenvalue weighted by Gasteiger charge is -2.20. The highest BCUT2D eigenvalue weighted by molar-refractivity contribution is 5.94. The van der Waals surface area contributed by atoms with Gasteiger partial charge < -0.3 is 14.4 Å². The molecular weight excluding hydrogens is 392 g/mol. The summed E-state index contributed by atoms with van der Waals surface area (Å²) >= 11 is 0. The number of nitrogens with one attached hydrogen (secondary N) is 1. The number of aromatic nitrogens is 3. The second kappa shape index (κ2) is 7.65. The van der Waals surface area contributed by atoms with Crippen molar-refractivity contribution in [2.45, 2.75) is 45.2 Å². The molecule has 7 nitrogen and oxygen atoms in total. The minimum Gasteiger partial charge on any atom is -0.342 e. The molecule has 5 rings (SSSR count). The van der Waals surface area contributed by atoms with E-state index in [2.05, 4.69) is 15.5 Å². The van der Waals surface area contributed by atoms with Crippen LogP contribution in [0.1, 0.15) is 50.4 Å². The molecule has 1 atom stereocenters. The van der Waals surface area contributed by atoms with Crippen LogP contribution in [0.4, 0.5) is 0 Å². The van der Waals surface area contributed by atoms with Gasteiger partial charge in [-0.25, -0.2) is 0 Å². The largest absolute Gasteiger partial charge is 0.342 e. The van der Waals surface area contributed by atoms with Crippen molar-refractivity contribution in [1.29, 1.82) is 0 Å². The van der Waals surface area contributed by atoms with Gasteiger partial charge in [0.1, 0.15) is 12.6 Å². The van der Waals surface area contributed by atoms with E-state index in [1.807, 2.05) is 54.8 Å². The Morgan fingerprint density at radius 2 is 1.71 bits per heavy atom. The Hall–Kier alpha value is -3.48. The van der Waals surface area contributed by atoms with Crippen LogP contribution in [0, 0.1) is 5.92 Å². The summed E-state index contributed by atoms with van der Waals surface area (Å²) in [5.41, 5.74) is 1.44. The summed E-state index contributed by atoms with van der Waals surface area (Å²) in [6.07, 6.45) is 2.17. The predicted octanol–water partition coefficient (Wildman–Crippen LogP) is 3.93. The van der Waals surface area contributed by atoms with Crippen molar-refractivity contribution < 1.29 is 9.32 Å². The highest BCUT2D eigenvalue weighted by atomic mass is 16.5. The van der Waals surface area contributed by atoms with Gasteiger partial charge in [-0.15, -0.1) is 0 Å². The van der Waals surface area contributed by atoms with Gasteiger partial charge in [0.2, 0.25) is 11.8 Å². The fraction of sp³-hybridized carbons (Fsp3) is 0.333. The molecular formula is C24H24N4O3. The Balaban J connectivity index is 1.49. The first-order chi connectivity index (χ1) is 15.0. The van der Waals surface area contributed by atoms with Crippen molar-refractivity contribution in [1.82, 2.24) is 20.0 Å². The SMILES string of the molecule is CC(C)C(NC(=O)Cn1c2ccccc2c(=O)c2ccccc21)c1nc(C2CC2)no1. The van der Waals surface area contributed by atoms with Gasteiger partial charge >= 0.3 is 0 Å². The zero-order valence-electron chi connectivity index (χ0n) is 17.5. The molecule has 0 radical (unpaired) electrons. The van der Waals surface area contributed by atoms with Gasteiger partial charge in [0, 0.05) is 16.7 Å². The second-order valence-electron chi connectivity index (χ2n) is 8.50. The van der Waals surface area contributed by atoms with Crippen molar-refractivity contribution in [3.63, 3.8) is 0 Å². The summed E-state index contributed by atoms with van der Waals surface area (Å²) in [6, 6.07) is 14.4. The maximum atomic E-state index is 13.1. The van der Waals surface area contributed by atoms with Gasteiger partial charge in [-0.3, -0.25) is 9.59 Å². The molecule has 2 aromatic heterocycles. The first-order valence-electron chi connectivity index (χ1n) is 10.7. The van der Waals surface area contributed by atoms with E-state index in [1.165, 1.54) is 0 Å². The minimum atomic E-state index is -0.371. The van der Waals surface area contributed by atoms with Crippen LogP contribution >= 0.6 is 0 Å². The van der Waals surface area contributed by atoms with Gasteiger partial charge in [0.25, 0.3) is 0 Å². The Labute approximate surface area is 179 Å². The van der Waals surface area contributed by atoms with Crippen molar-refractivity contribution in [3.8, 4) is 0 Å². The molecule has 158 valence electrons. The highest BCUT2D eigenvalue weighted by Gasteiger charge is 2.31. The fourth-order valence-electron chi connectivity index (χ4n) is 4.00. The number of hydrogen-bond acceptors (Lipinski definition) is 5. The van der Waals surface area contributed by atoms with Gasteiger partial charge in [-0.1, -0.05) is 43.3 Å². The monoisotopic (exact) mass is 416 g/mol. The van der Waals surface area contributed by atoms with Crippen LogP contribution in [0.3, 0.4) is 0 Å². The Bertz CT molecular complexity index is 1270. The number of amides is 1. The molecule has 0 bridgehead atoms. The average Bonchev–Trinajstić information content (AvgIpc) is 3.52. The van der Waals surface area contributed by atoms with Crippen LogP contribution in [0.2, 0.25) is 0 Å². The van der Waals surface area contributed by atoms with Crippen LogP contribution in [0.15, 0.2) is 57.8 Å². The molecule has 1 aliphatic rings. The molecule has 0 spiro atoms. The zero-order valence-corrected chi connectivity index (χ0v) is 17.5. The number of pyridine rings is 1. The molecule has 1 N–H and O–H groups in total. The number of carbonyl (C=O) groups excluding carboxylic acids is 1. The Morgan fingerprint density at radius 3 is 2.29 bits per heavy atom. The van der Waals surface area contributed by atoms with Crippen molar-refractivity contribution >= 4 is 27.7 Å². The van der Waals surface area contributed by atoms with Gasteiger partial charge in [-0.2, -0.15) is 4.98 Å². The summed E-state index contributed by atoms with van der Waals surface area (Å²) in [5.74, 6) is 1.47. The molecule has 7 heteroatoms. The van der Waals surface area contributed by atoms with Crippen molar-refractivity contribution in [2.24, 2.45) is 5.92 Å². The Morgan fingerprint density at radius 1 is 1.10 bits per heavy atom. The number of carbonyl (C=O) groups is 1. The van der Waals surface area contributed by atoms with Crippen molar-refractivity contribution in [3.05, 3.63) is 70.5 Å². The normalized spacial score (nSPS) is 14.9. The topological polar surface area (TPSA) is 90.0 Å². The summed E-state index contributed by atoms with van der Waals surface area (Å²) < 4.78 is 7.36. The number of fused-ring (bicyclic) bond motifs is 2. The van der Waals surface area contributed by atoms with E-state index in [-0.39, 0.29) is 29.8 Å². The molecule has 1 aliphatic carbocycles. The molecule has 1 saturated carbocycles. The maximum absolute atomic E-state index is 13.1. The summed E-state index contributed by atoms with van der Waals surface area (Å²) in [4.78, 5) is 30.5. The number of benzene rings is 2. The molecule has 2 aromatic carbocycles. The molecule has 2 heterocycles. The van der Waals surface area contributed by atoms with Crippen LogP contribution in [0.5, 0.6) is 0 Å². The van der Waals surface area contributed by atoms with E-state index in [0.717, 1.165) is 29.7 Å². The third-order valence-electron chi connectivity index (χ3n) is 5.83. The third kappa shape index (κ3) is 3.60. The van der Waals surface area contributed by atoms with Crippen LogP contribution in [0.25, 0.3) is 21.8 Å². The molecule has 1 unspecified atom stereocenters. The lowest BCUT2D eigenvalue weighted by atomic mass is 10.0. The number of hydrogen-bond donors (Lipinski definition) is 1. The molecule has 1 fully saturated rings. The second-order valence-corrected chi connectivity index (χ2v) is 8.50. The minimum absolute atomic E-state index is 0.0265. The Kier molecular flexibility index (Phi) is 4.81. The lowest BCUT2D eigenvalue weighted by Crippen LogP contribution is -2.34. The van der Waals surface area contributed by atoms with Gasteiger partial charge in [-0.05, 0) is 43.0 Å². The standard InChI is InChI=1S/C24H24N4O3/c1-14(2)21(24-26-23(27-31-24)15-11-12-15)25-20(29)13-28-18-9-5-3-7-16(18)22(30)17-8-4-6-10-19(17)28/h3-10,14-15,21H,11-13H2,1-2H3,(H,25,29). The molecule has 0 saturated heterocycles. The van der Waals surface area contributed by atoms with Crippen LogP contribution < -0.4 is 10.7 Å². The van der Waals surface area contributed by atoms with Crippen molar-refractivity contribution in [2.75, 3.05) is 0 Å². The van der Waals surface area contributed by atoms with E-state index in [1.54, 1.807) is 12.1 Å². The third-order valence-corrected chi connectivity index (χ3v) is 5.83. The zero-order chi connectivity index (χ0) is 21.5. The van der Waals surface area contributed by atoms with Crippen LogP contribution in [-0.4, -0.2) is 20.6 Å². The van der Waals surface area contributed by atoms with Crippen LogP contribution in [-0.2, 0) is 11.3 Å². The summed E-state index contributed by atoms with van der Waals surface area (Å²) in [6.45, 7) is 4.10. The lowest BCUT2D eigenvalue weighted by molar-refractivity contribution is -0.122. The number of nitrogens with zero attached hydrogens (tertiary/aromatic N) is 3. The van der Waals surface area contributed by atoms with E-state index in [4.69, 9.17) is 4.52 Å². The van der Waals surface area contributed by atoms with Gasteiger partial charge in [0.05, 0.1) is 11.0 Å². The quantitative estimate of drug-likeness (QED) is 0.481. The van der Waals surface area contributed by atoms with Gasteiger partial charge in [0.15, 0.2) is 11.3 Å². The van der Waals surface area contributed by atoms with E-state index in [0.29, 0.717) is 22.6 Å².